The van der Waals surface area contributed by atoms with E-state index < -0.39 is 0 Å². The molecule has 0 fully saturated rings. The molecular weight excluding hydrogens is 144 g/mol. The monoisotopic (exact) mass is 158 g/mol. The zero-order valence-corrected chi connectivity index (χ0v) is 7.67. The van der Waals surface area contributed by atoms with Crippen molar-refractivity contribution in [1.29, 1.82) is 0 Å². The highest BCUT2D eigenvalue weighted by Gasteiger charge is 2.14. The second kappa shape index (κ2) is 2.78. The molecule has 3 aliphatic carbocycles. The first kappa shape index (κ1) is 7.60. The average molecular weight is 158 g/mol. The van der Waals surface area contributed by atoms with E-state index in [9.17, 15) is 0 Å². The highest BCUT2D eigenvalue weighted by molar-refractivity contribution is 5.80. The van der Waals surface area contributed by atoms with Crippen LogP contribution in [0, 0.1) is 5.92 Å². The van der Waals surface area contributed by atoms with Gasteiger partial charge >= 0.3 is 0 Å². The van der Waals surface area contributed by atoms with E-state index in [0.717, 1.165) is 5.92 Å². The fourth-order valence-electron chi connectivity index (χ4n) is 1.39. The molecule has 0 aliphatic heterocycles. The molecule has 0 amide bonds. The largest absolute Gasteiger partial charge is 0.0778 e. The molecule has 0 bridgehead atoms. The minimum Gasteiger partial charge on any atom is -0.0778 e. The van der Waals surface area contributed by atoms with Crippen molar-refractivity contribution in [3.05, 3.63) is 35.9 Å². The van der Waals surface area contributed by atoms with Gasteiger partial charge in [-0.15, -0.1) is 0 Å². The molecule has 3 aliphatic rings. The second-order valence-corrected chi connectivity index (χ2v) is 3.46. The third kappa shape index (κ3) is 1.58. The zero-order valence-electron chi connectivity index (χ0n) is 7.67. The lowest BCUT2D eigenvalue weighted by Crippen LogP contribution is -1.64. The van der Waals surface area contributed by atoms with Crippen LogP contribution >= 0.6 is 0 Å². The van der Waals surface area contributed by atoms with E-state index in [1.165, 1.54) is 17.5 Å². The van der Waals surface area contributed by atoms with Crippen LogP contribution in [-0.2, 0) is 0 Å². The molecule has 0 saturated heterocycles. The van der Waals surface area contributed by atoms with Gasteiger partial charge in [-0.2, -0.15) is 0 Å². The highest BCUT2D eigenvalue weighted by Crippen LogP contribution is 2.32. The summed E-state index contributed by atoms with van der Waals surface area (Å²) in [6.07, 6.45) is 3.57. The standard InChI is InChI=1S/C6H4.C6H10/c1-2-5-4-6(5)3-1;1-3-6-4-5(6)2/h1-4H;4-5H,3H2,1-2H3. The zero-order chi connectivity index (χ0) is 8.55. The van der Waals surface area contributed by atoms with Gasteiger partial charge in [-0.05, 0) is 29.5 Å². The number of allylic oxidation sites excluding steroid dienone is 2. The Bertz CT molecular complexity index is 303. The fourth-order valence-corrected chi connectivity index (χ4v) is 1.39. The van der Waals surface area contributed by atoms with Crippen molar-refractivity contribution >= 4 is 0 Å². The van der Waals surface area contributed by atoms with Crippen LogP contribution in [0.3, 0.4) is 0 Å². The Kier molecular flexibility index (Phi) is 1.76. The van der Waals surface area contributed by atoms with E-state index in [1.54, 1.807) is 5.57 Å². The molecule has 0 aromatic rings. The van der Waals surface area contributed by atoms with Gasteiger partial charge in [0.2, 0.25) is 0 Å². The van der Waals surface area contributed by atoms with Crippen LogP contribution in [0.5, 0.6) is 0 Å². The van der Waals surface area contributed by atoms with Crippen molar-refractivity contribution in [2.24, 2.45) is 5.92 Å². The Morgan fingerprint density at radius 1 is 1.25 bits per heavy atom. The van der Waals surface area contributed by atoms with Crippen LogP contribution < -0.4 is 0 Å². The van der Waals surface area contributed by atoms with E-state index in [2.05, 4.69) is 44.2 Å². The number of benzene rings is 1. The second-order valence-electron chi connectivity index (χ2n) is 3.46. The van der Waals surface area contributed by atoms with Crippen molar-refractivity contribution < 1.29 is 0 Å². The maximum absolute atomic E-state index is 2.31. The van der Waals surface area contributed by atoms with Gasteiger partial charge in [0.25, 0.3) is 0 Å². The van der Waals surface area contributed by atoms with Crippen molar-refractivity contribution in [1.82, 2.24) is 0 Å². The van der Waals surface area contributed by atoms with E-state index in [0.29, 0.717) is 0 Å². The third-order valence-electron chi connectivity index (χ3n) is 2.46. The Balaban J connectivity index is 0.0000000939. The normalized spacial score (nSPS) is 20.5. The summed E-state index contributed by atoms with van der Waals surface area (Å²) in [5.74, 6) is 0.856. The Morgan fingerprint density at radius 3 is 1.92 bits per heavy atom. The summed E-state index contributed by atoms with van der Waals surface area (Å²) in [7, 11) is 0. The molecule has 12 heavy (non-hydrogen) atoms. The van der Waals surface area contributed by atoms with Crippen molar-refractivity contribution in [2.45, 2.75) is 20.3 Å². The summed E-state index contributed by atoms with van der Waals surface area (Å²) in [5, 5.41) is 0. The molecular formula is C12H14. The van der Waals surface area contributed by atoms with Gasteiger partial charge in [-0.1, -0.05) is 43.7 Å². The summed E-state index contributed by atoms with van der Waals surface area (Å²) < 4.78 is 0. The molecule has 1 unspecified atom stereocenters. The summed E-state index contributed by atoms with van der Waals surface area (Å²) in [4.78, 5) is 0. The minimum atomic E-state index is 0.856. The lowest BCUT2D eigenvalue weighted by Gasteiger charge is -1.78. The van der Waals surface area contributed by atoms with Crippen LogP contribution in [0.1, 0.15) is 20.3 Å². The first-order valence-corrected chi connectivity index (χ1v) is 4.62. The fraction of sp³-hybridized carbons (Fsp3) is 0.333. The molecule has 3 rings (SSSR count). The number of hydrogen-bond donors (Lipinski definition) is 0. The van der Waals surface area contributed by atoms with Crippen molar-refractivity contribution in [3.8, 4) is 11.1 Å². The summed E-state index contributed by atoms with van der Waals surface area (Å²) >= 11 is 0. The molecule has 62 valence electrons. The Morgan fingerprint density at radius 2 is 1.83 bits per heavy atom. The van der Waals surface area contributed by atoms with E-state index >= 15 is 0 Å². The first-order valence-electron chi connectivity index (χ1n) is 4.62. The minimum absolute atomic E-state index is 0.856. The predicted molar refractivity (Wildman–Crippen MR) is 53.0 cm³/mol. The van der Waals surface area contributed by atoms with Gasteiger partial charge in [-0.3, -0.25) is 0 Å². The molecule has 0 heterocycles. The van der Waals surface area contributed by atoms with Gasteiger partial charge in [0.15, 0.2) is 0 Å². The van der Waals surface area contributed by atoms with Gasteiger partial charge < -0.3 is 0 Å². The molecule has 0 N–H and O–H groups in total. The molecule has 1 atom stereocenters. The molecule has 0 radical (unpaired) electrons. The molecule has 0 aromatic heterocycles. The SMILES string of the molecule is CCC1=CC1C.c1cc2cc-2c1. The van der Waals surface area contributed by atoms with Crippen LogP contribution in [0.15, 0.2) is 35.9 Å². The lowest BCUT2D eigenvalue weighted by atomic mass is 10.3. The van der Waals surface area contributed by atoms with Gasteiger partial charge in [0, 0.05) is 0 Å². The quantitative estimate of drug-likeness (QED) is 0.556. The highest BCUT2D eigenvalue weighted by atomic mass is 14.2. The molecule has 0 saturated carbocycles. The summed E-state index contributed by atoms with van der Waals surface area (Å²) in [6, 6.07) is 8.48. The molecule has 0 heteroatoms. The molecule has 0 nitrogen and oxygen atoms in total. The number of hydrogen-bond acceptors (Lipinski definition) is 0. The first-order chi connectivity index (χ1) is 5.81. The predicted octanol–water partition coefficient (Wildman–Crippen LogP) is 3.64. The lowest BCUT2D eigenvalue weighted by molar-refractivity contribution is 0.965. The summed E-state index contributed by atoms with van der Waals surface area (Å²) in [6.45, 7) is 4.44. The van der Waals surface area contributed by atoms with Crippen molar-refractivity contribution in [2.75, 3.05) is 0 Å². The van der Waals surface area contributed by atoms with Crippen LogP contribution in [-0.4, -0.2) is 0 Å². The van der Waals surface area contributed by atoms with E-state index in [-0.39, 0.29) is 0 Å². The van der Waals surface area contributed by atoms with Crippen LogP contribution in [0.2, 0.25) is 0 Å². The van der Waals surface area contributed by atoms with Gasteiger partial charge in [0.05, 0.1) is 0 Å². The van der Waals surface area contributed by atoms with Gasteiger partial charge in [-0.25, -0.2) is 0 Å². The average Bonchev–Trinajstić information content (AvgIpc) is 2.96. The number of fused-ring (bicyclic) bond motifs is 1. The Hall–Kier alpha value is -1.04. The number of rotatable bonds is 1. The maximum atomic E-state index is 2.31. The molecule has 0 aromatic carbocycles. The molecule has 0 spiro atoms. The Labute approximate surface area is 73.9 Å². The van der Waals surface area contributed by atoms with Crippen LogP contribution in [0.25, 0.3) is 11.1 Å². The maximum Gasteiger partial charge on any atom is -0.00487 e. The smallest absolute Gasteiger partial charge is 0.00487 e. The summed E-state index contributed by atoms with van der Waals surface area (Å²) in [5.41, 5.74) is 4.49. The van der Waals surface area contributed by atoms with E-state index in [4.69, 9.17) is 0 Å². The topological polar surface area (TPSA) is 0 Å². The third-order valence-corrected chi connectivity index (χ3v) is 2.46. The van der Waals surface area contributed by atoms with Crippen LogP contribution in [0.4, 0.5) is 0 Å². The van der Waals surface area contributed by atoms with Crippen molar-refractivity contribution in [3.63, 3.8) is 0 Å². The van der Waals surface area contributed by atoms with E-state index in [1.807, 2.05) is 0 Å². The van der Waals surface area contributed by atoms with Gasteiger partial charge in [0.1, 0.15) is 0 Å².